The summed E-state index contributed by atoms with van der Waals surface area (Å²) in [7, 11) is 0. The molecule has 3 nitrogen and oxygen atoms in total. The summed E-state index contributed by atoms with van der Waals surface area (Å²) in [4.78, 5) is 13.9. The molecule has 2 N–H and O–H groups in total. The number of carbonyl (C=O) groups excluding carboxylic acids is 1. The number of nitrogens with zero attached hydrogens (tertiary/aromatic N) is 1. The molecule has 100 valence electrons. The monoisotopic (exact) mass is 268 g/mol. The molecular weight excluding hydrogens is 248 g/mol. The van der Waals surface area contributed by atoms with E-state index < -0.39 is 6.04 Å². The Morgan fingerprint density at radius 3 is 2.72 bits per heavy atom. The second-order valence-electron chi connectivity index (χ2n) is 4.38. The van der Waals surface area contributed by atoms with E-state index in [-0.39, 0.29) is 5.91 Å². The molecular formula is C14H21ClN2O. The number of amides is 1. The molecule has 0 bridgehead atoms. The largest absolute Gasteiger partial charge is 0.337 e. The number of carbonyl (C=O) groups is 1. The normalized spacial score (nSPS) is 12.2. The number of hydrogen-bond acceptors (Lipinski definition) is 2. The van der Waals surface area contributed by atoms with Crippen molar-refractivity contribution >= 4 is 17.5 Å². The molecule has 1 amide bonds. The number of likely N-dealkylation sites (N-methyl/N-ethyl adjacent to an activating group) is 1. The summed E-state index contributed by atoms with van der Waals surface area (Å²) >= 11 is 5.94. The lowest BCUT2D eigenvalue weighted by Crippen LogP contribution is -2.43. The number of halogens is 1. The van der Waals surface area contributed by atoms with E-state index in [2.05, 4.69) is 0 Å². The molecule has 0 saturated carbocycles. The molecule has 0 unspecified atom stereocenters. The fourth-order valence-electron chi connectivity index (χ4n) is 1.87. The lowest BCUT2D eigenvalue weighted by Gasteiger charge is -2.24. The summed E-state index contributed by atoms with van der Waals surface area (Å²) in [5, 5.41) is 0.689. The molecule has 0 radical (unpaired) electrons. The van der Waals surface area contributed by atoms with Crippen molar-refractivity contribution in [3.05, 3.63) is 34.9 Å². The maximum Gasteiger partial charge on any atom is 0.239 e. The van der Waals surface area contributed by atoms with Gasteiger partial charge in [0.2, 0.25) is 5.91 Å². The van der Waals surface area contributed by atoms with Crippen LogP contribution < -0.4 is 5.73 Å². The highest BCUT2D eigenvalue weighted by atomic mass is 35.5. The lowest BCUT2D eigenvalue weighted by molar-refractivity contribution is -0.133. The smallest absolute Gasteiger partial charge is 0.239 e. The van der Waals surface area contributed by atoms with Gasteiger partial charge in [0.25, 0.3) is 0 Å². The number of nitrogens with two attached hydrogens (primary N) is 1. The van der Waals surface area contributed by atoms with Gasteiger partial charge in [-0.25, -0.2) is 0 Å². The zero-order chi connectivity index (χ0) is 13.5. The second-order valence-corrected chi connectivity index (χ2v) is 4.81. The highest BCUT2D eigenvalue weighted by Gasteiger charge is 2.19. The van der Waals surface area contributed by atoms with E-state index in [4.69, 9.17) is 17.3 Å². The third kappa shape index (κ3) is 4.31. The first-order valence-corrected chi connectivity index (χ1v) is 6.75. The van der Waals surface area contributed by atoms with Gasteiger partial charge >= 0.3 is 0 Å². The fourth-order valence-corrected chi connectivity index (χ4v) is 2.08. The lowest BCUT2D eigenvalue weighted by atomic mass is 10.1. The molecule has 0 heterocycles. The zero-order valence-corrected chi connectivity index (χ0v) is 11.8. The van der Waals surface area contributed by atoms with Crippen LogP contribution in [-0.4, -0.2) is 23.4 Å². The van der Waals surface area contributed by atoms with Crippen LogP contribution in [0.5, 0.6) is 0 Å². The SMILES string of the molecule is CCC[C@H](N)C(=O)N(CC)Cc1cccc(Cl)c1. The van der Waals surface area contributed by atoms with Crippen molar-refractivity contribution in [2.45, 2.75) is 39.3 Å². The Hall–Kier alpha value is -1.06. The Morgan fingerprint density at radius 2 is 2.17 bits per heavy atom. The number of rotatable bonds is 6. The Labute approximate surface area is 114 Å². The number of benzene rings is 1. The van der Waals surface area contributed by atoms with Crippen LogP contribution in [-0.2, 0) is 11.3 Å². The highest BCUT2D eigenvalue weighted by Crippen LogP contribution is 2.13. The Kier molecular flexibility index (Phi) is 6.16. The van der Waals surface area contributed by atoms with Crippen LogP contribution in [0.1, 0.15) is 32.3 Å². The van der Waals surface area contributed by atoms with Crippen molar-refractivity contribution in [2.24, 2.45) is 5.73 Å². The Balaban J connectivity index is 2.69. The van der Waals surface area contributed by atoms with E-state index in [9.17, 15) is 4.79 Å². The standard InChI is InChI=1S/C14H21ClN2O/c1-3-6-13(16)14(18)17(4-2)10-11-7-5-8-12(15)9-11/h5,7-9,13H,3-4,6,10,16H2,1-2H3/t13-/m0/s1. The first kappa shape index (κ1) is 15.0. The van der Waals surface area contributed by atoms with E-state index in [1.165, 1.54) is 0 Å². The molecule has 0 aliphatic rings. The van der Waals surface area contributed by atoms with Crippen LogP contribution >= 0.6 is 11.6 Å². The van der Waals surface area contributed by atoms with Gasteiger partial charge < -0.3 is 10.6 Å². The maximum atomic E-state index is 12.1. The van der Waals surface area contributed by atoms with Crippen molar-refractivity contribution in [3.63, 3.8) is 0 Å². The Bertz CT molecular complexity index is 395. The summed E-state index contributed by atoms with van der Waals surface area (Å²) in [5.41, 5.74) is 6.90. The molecule has 1 rings (SSSR count). The second kappa shape index (κ2) is 7.39. The van der Waals surface area contributed by atoms with Crippen molar-refractivity contribution in [1.82, 2.24) is 4.90 Å². The van der Waals surface area contributed by atoms with Crippen LogP contribution in [0.25, 0.3) is 0 Å². The summed E-state index contributed by atoms with van der Waals surface area (Å²) in [5.74, 6) is 0.0133. The minimum atomic E-state index is -0.394. The van der Waals surface area contributed by atoms with Crippen LogP contribution in [0.2, 0.25) is 5.02 Å². The molecule has 18 heavy (non-hydrogen) atoms. The molecule has 4 heteroatoms. The van der Waals surface area contributed by atoms with Gasteiger partial charge in [0.1, 0.15) is 0 Å². The van der Waals surface area contributed by atoms with E-state index in [1.54, 1.807) is 4.90 Å². The van der Waals surface area contributed by atoms with Crippen molar-refractivity contribution < 1.29 is 4.79 Å². The third-order valence-electron chi connectivity index (χ3n) is 2.87. The number of hydrogen-bond donors (Lipinski definition) is 1. The predicted octanol–water partition coefficient (Wildman–Crippen LogP) is 2.82. The van der Waals surface area contributed by atoms with Crippen molar-refractivity contribution in [3.8, 4) is 0 Å². The van der Waals surface area contributed by atoms with Gasteiger partial charge in [-0.15, -0.1) is 0 Å². The van der Waals surface area contributed by atoms with Gasteiger partial charge in [-0.2, -0.15) is 0 Å². The molecule has 0 aromatic heterocycles. The Morgan fingerprint density at radius 1 is 1.44 bits per heavy atom. The molecule has 0 fully saturated rings. The quantitative estimate of drug-likeness (QED) is 0.862. The van der Waals surface area contributed by atoms with Gasteiger partial charge in [-0.05, 0) is 31.0 Å². The average molecular weight is 269 g/mol. The molecule has 1 atom stereocenters. The van der Waals surface area contributed by atoms with Crippen molar-refractivity contribution in [2.75, 3.05) is 6.54 Å². The first-order chi connectivity index (χ1) is 8.58. The van der Waals surface area contributed by atoms with Gasteiger partial charge in [-0.1, -0.05) is 37.1 Å². The van der Waals surface area contributed by atoms with Gasteiger partial charge in [0.15, 0.2) is 0 Å². The molecule has 0 spiro atoms. The predicted molar refractivity (Wildman–Crippen MR) is 75.4 cm³/mol. The summed E-state index contributed by atoms with van der Waals surface area (Å²) in [6.07, 6.45) is 1.65. The summed E-state index contributed by atoms with van der Waals surface area (Å²) < 4.78 is 0. The average Bonchev–Trinajstić information content (AvgIpc) is 2.35. The van der Waals surface area contributed by atoms with E-state index in [1.807, 2.05) is 38.1 Å². The van der Waals surface area contributed by atoms with Crippen LogP contribution in [0.4, 0.5) is 0 Å². The topological polar surface area (TPSA) is 46.3 Å². The zero-order valence-electron chi connectivity index (χ0n) is 11.0. The van der Waals surface area contributed by atoms with Gasteiger partial charge in [-0.3, -0.25) is 4.79 Å². The third-order valence-corrected chi connectivity index (χ3v) is 3.11. The molecule has 1 aromatic rings. The summed E-state index contributed by atoms with van der Waals surface area (Å²) in [6, 6.07) is 7.17. The van der Waals surface area contributed by atoms with Crippen molar-refractivity contribution in [1.29, 1.82) is 0 Å². The van der Waals surface area contributed by atoms with E-state index >= 15 is 0 Å². The maximum absolute atomic E-state index is 12.1. The van der Waals surface area contributed by atoms with Crippen LogP contribution in [0.15, 0.2) is 24.3 Å². The minimum Gasteiger partial charge on any atom is -0.337 e. The first-order valence-electron chi connectivity index (χ1n) is 6.37. The molecule has 0 aliphatic heterocycles. The highest BCUT2D eigenvalue weighted by molar-refractivity contribution is 6.30. The van der Waals surface area contributed by atoms with Gasteiger partial charge in [0.05, 0.1) is 6.04 Å². The molecule has 0 aliphatic carbocycles. The van der Waals surface area contributed by atoms with Crippen LogP contribution in [0.3, 0.4) is 0 Å². The van der Waals surface area contributed by atoms with E-state index in [0.29, 0.717) is 18.1 Å². The fraction of sp³-hybridized carbons (Fsp3) is 0.500. The summed E-state index contributed by atoms with van der Waals surface area (Å²) in [6.45, 7) is 5.21. The minimum absolute atomic E-state index is 0.0133. The van der Waals surface area contributed by atoms with Gasteiger partial charge in [0, 0.05) is 18.1 Å². The van der Waals surface area contributed by atoms with E-state index in [0.717, 1.165) is 18.4 Å². The van der Waals surface area contributed by atoms with Crippen LogP contribution in [0, 0.1) is 0 Å². The molecule has 1 aromatic carbocycles. The molecule has 0 saturated heterocycles.